The zero-order valence-corrected chi connectivity index (χ0v) is 9.08. The molecule has 64 valence electrons. The van der Waals surface area contributed by atoms with E-state index in [9.17, 15) is 0 Å². The van der Waals surface area contributed by atoms with Gasteiger partial charge in [-0.2, -0.15) is 0 Å². The van der Waals surface area contributed by atoms with Crippen molar-refractivity contribution in [3.8, 4) is 0 Å². The molecule has 1 aromatic carbocycles. The van der Waals surface area contributed by atoms with Gasteiger partial charge in [0.1, 0.15) is 0 Å². The average molecular weight is 246 g/mol. The quantitative estimate of drug-likeness (QED) is 0.662. The standard InChI is InChI=1S/C10H10BrCl/c11-6-8-5-9(12)4-7-2-1-3-10(7)8/h4-5H,1-3,6H2. The lowest BCUT2D eigenvalue weighted by Crippen LogP contribution is -1.89. The average Bonchev–Trinajstić information content (AvgIpc) is 2.50. The van der Waals surface area contributed by atoms with E-state index in [2.05, 4.69) is 28.1 Å². The summed E-state index contributed by atoms with van der Waals surface area (Å²) >= 11 is 9.47. The smallest absolute Gasteiger partial charge is 0.0411 e. The Morgan fingerprint density at radius 3 is 2.92 bits per heavy atom. The first-order valence-corrected chi connectivity index (χ1v) is 5.67. The highest BCUT2D eigenvalue weighted by atomic mass is 79.9. The van der Waals surface area contributed by atoms with Gasteiger partial charge in [-0.15, -0.1) is 0 Å². The van der Waals surface area contributed by atoms with Gasteiger partial charge < -0.3 is 0 Å². The van der Waals surface area contributed by atoms with Gasteiger partial charge in [-0.05, 0) is 48.1 Å². The third-order valence-electron chi connectivity index (χ3n) is 2.42. The van der Waals surface area contributed by atoms with Crippen molar-refractivity contribution < 1.29 is 0 Å². The lowest BCUT2D eigenvalue weighted by atomic mass is 10.1. The molecule has 0 spiro atoms. The van der Waals surface area contributed by atoms with Crippen LogP contribution < -0.4 is 0 Å². The van der Waals surface area contributed by atoms with Crippen LogP contribution in [0.2, 0.25) is 5.02 Å². The Morgan fingerprint density at radius 1 is 1.33 bits per heavy atom. The fourth-order valence-electron chi connectivity index (χ4n) is 1.87. The van der Waals surface area contributed by atoms with Crippen LogP contribution in [0.15, 0.2) is 12.1 Å². The van der Waals surface area contributed by atoms with E-state index < -0.39 is 0 Å². The second-order valence-electron chi connectivity index (χ2n) is 3.19. The van der Waals surface area contributed by atoms with Gasteiger partial charge in [0.15, 0.2) is 0 Å². The Kier molecular flexibility index (Phi) is 2.42. The first-order chi connectivity index (χ1) is 5.81. The Hall–Kier alpha value is -0.0100. The number of rotatable bonds is 1. The maximum atomic E-state index is 5.99. The minimum absolute atomic E-state index is 0.880. The lowest BCUT2D eigenvalue weighted by molar-refractivity contribution is 0.909. The number of hydrogen-bond acceptors (Lipinski definition) is 0. The van der Waals surface area contributed by atoms with E-state index >= 15 is 0 Å². The summed E-state index contributed by atoms with van der Waals surface area (Å²) < 4.78 is 0. The van der Waals surface area contributed by atoms with Crippen LogP contribution in [-0.4, -0.2) is 0 Å². The van der Waals surface area contributed by atoms with Gasteiger partial charge in [0.25, 0.3) is 0 Å². The van der Waals surface area contributed by atoms with E-state index in [-0.39, 0.29) is 0 Å². The van der Waals surface area contributed by atoms with Crippen molar-refractivity contribution in [3.05, 3.63) is 33.8 Å². The summed E-state index contributed by atoms with van der Waals surface area (Å²) in [7, 11) is 0. The topological polar surface area (TPSA) is 0 Å². The van der Waals surface area contributed by atoms with E-state index in [1.807, 2.05) is 0 Å². The van der Waals surface area contributed by atoms with Crippen molar-refractivity contribution in [1.29, 1.82) is 0 Å². The van der Waals surface area contributed by atoms with Gasteiger partial charge in [-0.1, -0.05) is 27.5 Å². The van der Waals surface area contributed by atoms with Crippen molar-refractivity contribution in [2.75, 3.05) is 0 Å². The number of benzene rings is 1. The fourth-order valence-corrected chi connectivity index (χ4v) is 2.64. The molecule has 0 radical (unpaired) electrons. The van der Waals surface area contributed by atoms with Crippen molar-refractivity contribution in [3.63, 3.8) is 0 Å². The predicted molar refractivity (Wildman–Crippen MR) is 56.1 cm³/mol. The van der Waals surface area contributed by atoms with Gasteiger partial charge in [0.2, 0.25) is 0 Å². The predicted octanol–water partition coefficient (Wildman–Crippen LogP) is 3.72. The molecule has 2 heteroatoms. The largest absolute Gasteiger partial charge is 0.0876 e. The van der Waals surface area contributed by atoms with Crippen molar-refractivity contribution >= 4 is 27.5 Å². The normalized spacial score (nSPS) is 14.8. The van der Waals surface area contributed by atoms with Gasteiger partial charge in [0, 0.05) is 10.4 Å². The van der Waals surface area contributed by atoms with E-state index in [0.29, 0.717) is 0 Å². The Labute approximate surface area is 86.1 Å². The van der Waals surface area contributed by atoms with Crippen LogP contribution in [0.3, 0.4) is 0 Å². The van der Waals surface area contributed by atoms with Crippen LogP contribution in [0, 0.1) is 0 Å². The molecule has 0 unspecified atom stereocenters. The van der Waals surface area contributed by atoms with Crippen LogP contribution in [0.1, 0.15) is 23.1 Å². The van der Waals surface area contributed by atoms with Crippen molar-refractivity contribution in [2.24, 2.45) is 0 Å². The third kappa shape index (κ3) is 1.40. The van der Waals surface area contributed by atoms with Crippen LogP contribution in [-0.2, 0) is 18.2 Å². The molecule has 1 aromatic rings. The highest BCUT2D eigenvalue weighted by molar-refractivity contribution is 9.08. The summed E-state index contributed by atoms with van der Waals surface area (Å²) in [5, 5.41) is 1.81. The van der Waals surface area contributed by atoms with Crippen LogP contribution >= 0.6 is 27.5 Å². The van der Waals surface area contributed by atoms with Crippen LogP contribution in [0.25, 0.3) is 0 Å². The molecule has 0 fully saturated rings. The summed E-state index contributed by atoms with van der Waals surface area (Å²) in [5.41, 5.74) is 4.35. The van der Waals surface area contributed by atoms with Gasteiger partial charge >= 0.3 is 0 Å². The molecular weight excluding hydrogens is 235 g/mol. The maximum Gasteiger partial charge on any atom is 0.0411 e. The van der Waals surface area contributed by atoms with Crippen LogP contribution in [0.5, 0.6) is 0 Å². The zero-order valence-electron chi connectivity index (χ0n) is 6.74. The summed E-state index contributed by atoms with van der Waals surface area (Å²) in [6.45, 7) is 0. The number of aryl methyl sites for hydroxylation is 1. The van der Waals surface area contributed by atoms with E-state index in [4.69, 9.17) is 11.6 Å². The Bertz CT molecular complexity index is 307. The molecule has 0 atom stereocenters. The van der Waals surface area contributed by atoms with Gasteiger partial charge in [-0.3, -0.25) is 0 Å². The molecule has 0 aliphatic heterocycles. The van der Waals surface area contributed by atoms with E-state index in [1.165, 1.54) is 36.0 Å². The van der Waals surface area contributed by atoms with E-state index in [0.717, 1.165) is 10.4 Å². The second-order valence-corrected chi connectivity index (χ2v) is 4.19. The SMILES string of the molecule is Clc1cc(CBr)c2c(c1)CCC2. The molecule has 0 saturated carbocycles. The fraction of sp³-hybridized carbons (Fsp3) is 0.400. The number of halogens is 2. The molecule has 0 bridgehead atoms. The van der Waals surface area contributed by atoms with Crippen molar-refractivity contribution in [1.82, 2.24) is 0 Å². The van der Waals surface area contributed by atoms with E-state index in [1.54, 1.807) is 0 Å². The Morgan fingerprint density at radius 2 is 2.17 bits per heavy atom. The van der Waals surface area contributed by atoms with Gasteiger partial charge in [-0.25, -0.2) is 0 Å². The molecule has 2 rings (SSSR count). The molecule has 0 heterocycles. The molecule has 1 aliphatic carbocycles. The highest BCUT2D eigenvalue weighted by Crippen LogP contribution is 2.29. The molecule has 0 aromatic heterocycles. The molecule has 0 N–H and O–H groups in total. The third-order valence-corrected chi connectivity index (χ3v) is 3.24. The Balaban J connectivity index is 2.55. The first kappa shape index (κ1) is 8.58. The number of hydrogen-bond donors (Lipinski definition) is 0. The maximum absolute atomic E-state index is 5.99. The monoisotopic (exact) mass is 244 g/mol. The minimum Gasteiger partial charge on any atom is -0.0876 e. The number of alkyl halides is 1. The molecular formula is C10H10BrCl. The molecule has 12 heavy (non-hydrogen) atoms. The summed E-state index contributed by atoms with van der Waals surface area (Å²) in [6.07, 6.45) is 3.72. The molecule has 0 amide bonds. The molecule has 1 aliphatic rings. The summed E-state index contributed by atoms with van der Waals surface area (Å²) in [6, 6.07) is 4.18. The van der Waals surface area contributed by atoms with Gasteiger partial charge in [0.05, 0.1) is 0 Å². The molecule has 0 saturated heterocycles. The molecule has 0 nitrogen and oxygen atoms in total. The lowest BCUT2D eigenvalue weighted by Gasteiger charge is -2.05. The zero-order chi connectivity index (χ0) is 8.55. The number of fused-ring (bicyclic) bond motifs is 1. The van der Waals surface area contributed by atoms with Crippen molar-refractivity contribution in [2.45, 2.75) is 24.6 Å². The summed E-state index contributed by atoms with van der Waals surface area (Å²) in [5.74, 6) is 0. The van der Waals surface area contributed by atoms with Crippen LogP contribution in [0.4, 0.5) is 0 Å². The minimum atomic E-state index is 0.880. The summed E-state index contributed by atoms with van der Waals surface area (Å²) in [4.78, 5) is 0. The second kappa shape index (κ2) is 3.39. The highest BCUT2D eigenvalue weighted by Gasteiger charge is 2.14. The first-order valence-electron chi connectivity index (χ1n) is 4.17.